The summed E-state index contributed by atoms with van der Waals surface area (Å²) in [6.45, 7) is 8.80. The van der Waals surface area contributed by atoms with E-state index in [-0.39, 0.29) is 11.5 Å². The molecule has 160 valence electrons. The predicted molar refractivity (Wildman–Crippen MR) is 130 cm³/mol. The number of benzene rings is 3. The van der Waals surface area contributed by atoms with Crippen LogP contribution in [0.4, 0.5) is 0 Å². The van der Waals surface area contributed by atoms with Gasteiger partial charge in [0.05, 0.1) is 0 Å². The van der Waals surface area contributed by atoms with E-state index in [0.717, 1.165) is 53.1 Å². The number of hydrogen-bond donors (Lipinski definition) is 2. The average Bonchev–Trinajstić information content (AvgIpc) is 2.72. The van der Waals surface area contributed by atoms with Gasteiger partial charge in [-0.05, 0) is 75.1 Å². The van der Waals surface area contributed by atoms with Crippen LogP contribution in [0.5, 0.6) is 11.5 Å². The summed E-state index contributed by atoms with van der Waals surface area (Å²) in [5, 5.41) is 24.7. The molecule has 0 aliphatic carbocycles. The molecule has 1 unspecified atom stereocenters. The summed E-state index contributed by atoms with van der Waals surface area (Å²) in [6.07, 6.45) is 10.1. The number of allylic oxidation sites excluding steroid dienone is 2. The Balaban J connectivity index is 1.78. The lowest BCUT2D eigenvalue weighted by molar-refractivity contribution is 0.477. The van der Waals surface area contributed by atoms with Crippen molar-refractivity contribution in [2.75, 3.05) is 0 Å². The lowest BCUT2D eigenvalue weighted by Crippen LogP contribution is -1.96. The molecule has 3 aromatic carbocycles. The van der Waals surface area contributed by atoms with Crippen LogP contribution in [0, 0.1) is 5.92 Å². The van der Waals surface area contributed by atoms with Gasteiger partial charge in [0.15, 0.2) is 0 Å². The highest BCUT2D eigenvalue weighted by Gasteiger charge is 2.14. The van der Waals surface area contributed by atoms with Crippen molar-refractivity contribution >= 4 is 21.5 Å². The van der Waals surface area contributed by atoms with Crippen LogP contribution < -0.4 is 0 Å². The van der Waals surface area contributed by atoms with Crippen molar-refractivity contribution < 1.29 is 10.2 Å². The average molecular weight is 405 g/mol. The van der Waals surface area contributed by atoms with Crippen LogP contribution in [0.15, 0.2) is 48.0 Å². The van der Waals surface area contributed by atoms with Gasteiger partial charge in [0.2, 0.25) is 0 Å². The van der Waals surface area contributed by atoms with Gasteiger partial charge in [0.25, 0.3) is 0 Å². The highest BCUT2D eigenvalue weighted by molar-refractivity contribution is 6.10. The molecule has 3 rings (SSSR count). The van der Waals surface area contributed by atoms with E-state index in [1.807, 2.05) is 24.3 Å². The summed E-state index contributed by atoms with van der Waals surface area (Å²) in [5.74, 6) is 1.27. The SMILES string of the molecule is CCCc1ccc2c(O)c3ccc(CCCC(C)CCC=C(C)C)cc3c(O)c2c1. The van der Waals surface area contributed by atoms with E-state index < -0.39 is 0 Å². The van der Waals surface area contributed by atoms with Crippen molar-refractivity contribution in [2.24, 2.45) is 5.92 Å². The van der Waals surface area contributed by atoms with Crippen molar-refractivity contribution in [3.05, 3.63) is 59.2 Å². The van der Waals surface area contributed by atoms with Crippen LogP contribution in [0.3, 0.4) is 0 Å². The van der Waals surface area contributed by atoms with E-state index in [0.29, 0.717) is 0 Å². The van der Waals surface area contributed by atoms with Crippen molar-refractivity contribution in [1.82, 2.24) is 0 Å². The summed E-state index contributed by atoms with van der Waals surface area (Å²) >= 11 is 0. The van der Waals surface area contributed by atoms with Crippen molar-refractivity contribution in [2.45, 2.75) is 72.6 Å². The Bertz CT molecular complexity index is 1040. The van der Waals surface area contributed by atoms with Gasteiger partial charge in [-0.25, -0.2) is 0 Å². The Morgan fingerprint density at radius 2 is 1.40 bits per heavy atom. The van der Waals surface area contributed by atoms with Gasteiger partial charge in [-0.3, -0.25) is 0 Å². The second-order valence-corrected chi connectivity index (χ2v) is 9.06. The molecule has 0 fully saturated rings. The zero-order valence-electron chi connectivity index (χ0n) is 19.0. The van der Waals surface area contributed by atoms with Crippen LogP contribution >= 0.6 is 0 Å². The first-order valence-electron chi connectivity index (χ1n) is 11.4. The molecule has 3 aromatic rings. The maximum Gasteiger partial charge on any atom is 0.131 e. The zero-order valence-corrected chi connectivity index (χ0v) is 19.0. The van der Waals surface area contributed by atoms with Crippen LogP contribution in [-0.4, -0.2) is 10.2 Å². The Hall–Kier alpha value is -2.48. The third-order valence-corrected chi connectivity index (χ3v) is 6.10. The van der Waals surface area contributed by atoms with Crippen LogP contribution in [-0.2, 0) is 12.8 Å². The molecule has 0 bridgehead atoms. The number of aromatic hydroxyl groups is 2. The molecule has 0 aliphatic rings. The van der Waals surface area contributed by atoms with Crippen LogP contribution in [0.25, 0.3) is 21.5 Å². The smallest absolute Gasteiger partial charge is 0.131 e. The molecular formula is C28H36O2. The lowest BCUT2D eigenvalue weighted by Gasteiger charge is -2.13. The van der Waals surface area contributed by atoms with Crippen molar-refractivity contribution in [3.63, 3.8) is 0 Å². The van der Waals surface area contributed by atoms with E-state index in [4.69, 9.17) is 0 Å². The summed E-state index contributed by atoms with van der Waals surface area (Å²) in [6, 6.07) is 12.1. The van der Waals surface area contributed by atoms with Gasteiger partial charge in [0.1, 0.15) is 11.5 Å². The number of phenolic OH excluding ortho intramolecular Hbond substituents is 2. The molecule has 2 heteroatoms. The summed E-state index contributed by atoms with van der Waals surface area (Å²) < 4.78 is 0. The highest BCUT2D eigenvalue weighted by atomic mass is 16.3. The summed E-state index contributed by atoms with van der Waals surface area (Å²) in [7, 11) is 0. The molecular weight excluding hydrogens is 368 g/mol. The van der Waals surface area contributed by atoms with E-state index >= 15 is 0 Å². The zero-order chi connectivity index (χ0) is 21.7. The fraction of sp³-hybridized carbons (Fsp3) is 0.429. The summed E-state index contributed by atoms with van der Waals surface area (Å²) in [5.41, 5.74) is 3.81. The normalized spacial score (nSPS) is 12.4. The Morgan fingerprint density at radius 3 is 1.97 bits per heavy atom. The lowest BCUT2D eigenvalue weighted by atomic mass is 9.94. The maximum atomic E-state index is 11.0. The molecule has 30 heavy (non-hydrogen) atoms. The number of rotatable bonds is 9. The van der Waals surface area contributed by atoms with E-state index in [1.165, 1.54) is 36.0 Å². The largest absolute Gasteiger partial charge is 0.507 e. The minimum Gasteiger partial charge on any atom is -0.507 e. The number of hydrogen-bond acceptors (Lipinski definition) is 2. The molecule has 0 saturated carbocycles. The van der Waals surface area contributed by atoms with Gasteiger partial charge in [-0.2, -0.15) is 0 Å². The molecule has 0 aromatic heterocycles. The van der Waals surface area contributed by atoms with Gasteiger partial charge in [0, 0.05) is 21.5 Å². The van der Waals surface area contributed by atoms with E-state index in [2.05, 4.69) is 45.9 Å². The Morgan fingerprint density at radius 1 is 0.833 bits per heavy atom. The fourth-order valence-electron chi connectivity index (χ4n) is 4.33. The molecule has 0 heterocycles. The third-order valence-electron chi connectivity index (χ3n) is 6.10. The molecule has 0 radical (unpaired) electrons. The second-order valence-electron chi connectivity index (χ2n) is 9.06. The monoisotopic (exact) mass is 404 g/mol. The number of aryl methyl sites for hydroxylation is 2. The first-order chi connectivity index (χ1) is 14.4. The molecule has 0 saturated heterocycles. The van der Waals surface area contributed by atoms with Gasteiger partial charge in [-0.1, -0.05) is 62.6 Å². The third kappa shape index (κ3) is 5.16. The predicted octanol–water partition coefficient (Wildman–Crippen LogP) is 8.06. The molecule has 2 N–H and O–H groups in total. The Kier molecular flexibility index (Phi) is 7.42. The van der Waals surface area contributed by atoms with E-state index in [1.54, 1.807) is 0 Å². The van der Waals surface area contributed by atoms with Gasteiger partial charge in [-0.15, -0.1) is 0 Å². The minimum atomic E-state index is 0.264. The van der Waals surface area contributed by atoms with Crippen molar-refractivity contribution in [1.29, 1.82) is 0 Å². The van der Waals surface area contributed by atoms with Crippen molar-refractivity contribution in [3.8, 4) is 11.5 Å². The minimum absolute atomic E-state index is 0.264. The van der Waals surface area contributed by atoms with E-state index in [9.17, 15) is 10.2 Å². The van der Waals surface area contributed by atoms with Gasteiger partial charge < -0.3 is 10.2 Å². The number of fused-ring (bicyclic) bond motifs is 2. The van der Waals surface area contributed by atoms with Crippen LogP contribution in [0.2, 0.25) is 0 Å². The molecule has 0 spiro atoms. The molecule has 2 nitrogen and oxygen atoms in total. The second kappa shape index (κ2) is 10.0. The van der Waals surface area contributed by atoms with Crippen LogP contribution in [0.1, 0.15) is 70.9 Å². The highest BCUT2D eigenvalue weighted by Crippen LogP contribution is 2.42. The maximum absolute atomic E-state index is 11.0. The number of phenols is 2. The summed E-state index contributed by atoms with van der Waals surface area (Å²) in [4.78, 5) is 0. The quantitative estimate of drug-likeness (QED) is 0.215. The topological polar surface area (TPSA) is 40.5 Å². The van der Waals surface area contributed by atoms with Gasteiger partial charge >= 0.3 is 0 Å². The fourth-order valence-corrected chi connectivity index (χ4v) is 4.33. The molecule has 0 aliphatic heterocycles. The first kappa shape index (κ1) is 22.2. The standard InChI is InChI=1S/C28H36O2/c1-5-8-21-13-15-23-25(17-21)28(30)26-18-22(14-16-24(26)27(23)29)12-7-11-20(4)10-6-9-19(2)3/h9,13-18,20,29-30H,5-8,10-12H2,1-4H3. The molecule has 1 atom stereocenters. The Labute approximate surface area is 181 Å². The first-order valence-corrected chi connectivity index (χ1v) is 11.4. The molecule has 0 amide bonds.